The van der Waals surface area contributed by atoms with Crippen molar-refractivity contribution in [2.45, 2.75) is 45.1 Å². The summed E-state index contributed by atoms with van der Waals surface area (Å²) in [5, 5.41) is 13.3. The van der Waals surface area contributed by atoms with Crippen molar-refractivity contribution in [1.29, 1.82) is 0 Å². The van der Waals surface area contributed by atoms with Gasteiger partial charge in [-0.1, -0.05) is 0 Å². The van der Waals surface area contributed by atoms with Crippen LogP contribution >= 0.6 is 0 Å². The Kier molecular flexibility index (Phi) is 4.99. The zero-order valence-electron chi connectivity index (χ0n) is 16.6. The lowest BCUT2D eigenvalue weighted by Gasteiger charge is -2.32. The monoisotopic (exact) mass is 371 g/mol. The first kappa shape index (κ1) is 18.2. The highest BCUT2D eigenvalue weighted by molar-refractivity contribution is 5.92. The average Bonchev–Trinajstić information content (AvgIpc) is 3.37. The van der Waals surface area contributed by atoms with Crippen molar-refractivity contribution in [2.75, 3.05) is 26.2 Å². The second-order valence-electron chi connectivity index (χ2n) is 7.90. The first-order chi connectivity index (χ1) is 13.0. The summed E-state index contributed by atoms with van der Waals surface area (Å²) in [5.74, 6) is 2.32. The van der Waals surface area contributed by atoms with Gasteiger partial charge in [0.05, 0.1) is 12.2 Å². The first-order valence-electron chi connectivity index (χ1n) is 9.93. The molecule has 0 aromatic carbocycles. The van der Waals surface area contributed by atoms with Crippen molar-refractivity contribution < 1.29 is 4.79 Å². The minimum Gasteiger partial charge on any atom is -0.337 e. The first-order valence-corrected chi connectivity index (χ1v) is 9.93. The van der Waals surface area contributed by atoms with E-state index in [0.717, 1.165) is 56.4 Å². The minimum absolute atomic E-state index is 0.0576. The number of likely N-dealkylation sites (tertiary alicyclic amines) is 2. The van der Waals surface area contributed by atoms with Gasteiger partial charge in [-0.05, 0) is 51.8 Å². The fourth-order valence-corrected chi connectivity index (χ4v) is 4.35. The second kappa shape index (κ2) is 7.42. The number of hydrogen-bond donors (Lipinski definition) is 0. The molecule has 8 nitrogen and oxygen atoms in total. The summed E-state index contributed by atoms with van der Waals surface area (Å²) in [6.45, 7) is 6.57. The van der Waals surface area contributed by atoms with E-state index in [0.29, 0.717) is 12.2 Å². The van der Waals surface area contributed by atoms with Gasteiger partial charge in [-0.2, -0.15) is 5.10 Å². The molecule has 27 heavy (non-hydrogen) atoms. The Morgan fingerprint density at radius 1 is 1.15 bits per heavy atom. The Hall–Kier alpha value is -2.22. The molecule has 1 amide bonds. The topological polar surface area (TPSA) is 72.1 Å². The maximum atomic E-state index is 12.9. The molecule has 0 N–H and O–H groups in total. The fraction of sp³-hybridized carbons (Fsp3) is 0.684. The number of carbonyl (C=O) groups is 1. The zero-order chi connectivity index (χ0) is 19.0. The van der Waals surface area contributed by atoms with Gasteiger partial charge in [-0.3, -0.25) is 14.4 Å². The number of hydrogen-bond acceptors (Lipinski definition) is 5. The Labute approximate surface area is 160 Å². The van der Waals surface area contributed by atoms with E-state index in [1.807, 2.05) is 24.9 Å². The van der Waals surface area contributed by atoms with Crippen molar-refractivity contribution in [2.24, 2.45) is 14.1 Å². The van der Waals surface area contributed by atoms with Crippen LogP contribution in [0.4, 0.5) is 0 Å². The molecule has 0 saturated carbocycles. The minimum atomic E-state index is 0.0576. The molecule has 2 aromatic heterocycles. The Bertz CT molecular complexity index is 818. The number of amides is 1. The molecule has 2 aliphatic rings. The summed E-state index contributed by atoms with van der Waals surface area (Å²) < 4.78 is 3.82. The molecule has 146 valence electrons. The van der Waals surface area contributed by atoms with Gasteiger partial charge in [0, 0.05) is 33.1 Å². The Balaban J connectivity index is 1.47. The van der Waals surface area contributed by atoms with Crippen LogP contribution < -0.4 is 0 Å². The van der Waals surface area contributed by atoms with Crippen LogP contribution in [-0.4, -0.2) is 66.4 Å². The molecule has 1 atom stereocenters. The molecule has 0 bridgehead atoms. The van der Waals surface area contributed by atoms with Gasteiger partial charge in [0.1, 0.15) is 17.3 Å². The standard InChI is InChI=1S/C19H29N7O/c1-14-11-16(24(3)22-14)19(27)26-10-6-7-15(12-26)18-21-20-17(23(18)2)13-25-8-4-5-9-25/h11,15H,4-10,12-13H2,1-3H3/t15-/m0/s1. The molecule has 0 radical (unpaired) electrons. The molecular formula is C19H29N7O. The van der Waals surface area contributed by atoms with E-state index in [9.17, 15) is 4.79 Å². The highest BCUT2D eigenvalue weighted by atomic mass is 16.2. The molecule has 0 aliphatic carbocycles. The number of nitrogens with zero attached hydrogens (tertiary/aromatic N) is 7. The van der Waals surface area contributed by atoms with Crippen LogP contribution in [0, 0.1) is 6.92 Å². The van der Waals surface area contributed by atoms with Gasteiger partial charge in [0.15, 0.2) is 0 Å². The van der Waals surface area contributed by atoms with E-state index in [-0.39, 0.29) is 11.8 Å². The summed E-state index contributed by atoms with van der Waals surface area (Å²) in [6, 6.07) is 1.86. The van der Waals surface area contributed by atoms with Gasteiger partial charge in [0.25, 0.3) is 5.91 Å². The van der Waals surface area contributed by atoms with Crippen LogP contribution in [0.25, 0.3) is 0 Å². The molecule has 2 aliphatic heterocycles. The van der Waals surface area contributed by atoms with Crippen LogP contribution in [0.2, 0.25) is 0 Å². The summed E-state index contributed by atoms with van der Waals surface area (Å²) in [6.07, 6.45) is 4.58. The van der Waals surface area contributed by atoms with Crippen molar-refractivity contribution in [3.05, 3.63) is 29.1 Å². The largest absolute Gasteiger partial charge is 0.337 e. The summed E-state index contributed by atoms with van der Waals surface area (Å²) in [5.41, 5.74) is 1.52. The van der Waals surface area contributed by atoms with E-state index < -0.39 is 0 Å². The number of aryl methyl sites for hydroxylation is 2. The normalized spacial score (nSPS) is 21.1. The molecule has 2 aromatic rings. The number of aromatic nitrogens is 5. The van der Waals surface area contributed by atoms with Gasteiger partial charge in [-0.15, -0.1) is 10.2 Å². The fourth-order valence-electron chi connectivity index (χ4n) is 4.35. The summed E-state index contributed by atoms with van der Waals surface area (Å²) >= 11 is 0. The molecule has 4 heterocycles. The van der Waals surface area contributed by atoms with E-state index in [1.54, 1.807) is 4.68 Å². The maximum absolute atomic E-state index is 12.9. The van der Waals surface area contributed by atoms with Gasteiger partial charge in [-0.25, -0.2) is 0 Å². The highest BCUT2D eigenvalue weighted by Gasteiger charge is 2.30. The quantitative estimate of drug-likeness (QED) is 0.814. The highest BCUT2D eigenvalue weighted by Crippen LogP contribution is 2.27. The van der Waals surface area contributed by atoms with E-state index in [4.69, 9.17) is 0 Å². The smallest absolute Gasteiger partial charge is 0.272 e. The Morgan fingerprint density at radius 2 is 1.93 bits per heavy atom. The third-order valence-corrected chi connectivity index (χ3v) is 5.86. The van der Waals surface area contributed by atoms with Crippen molar-refractivity contribution in [1.82, 2.24) is 34.3 Å². The van der Waals surface area contributed by atoms with Crippen LogP contribution in [0.5, 0.6) is 0 Å². The molecule has 0 spiro atoms. The maximum Gasteiger partial charge on any atom is 0.272 e. The predicted molar refractivity (Wildman–Crippen MR) is 101 cm³/mol. The average molecular weight is 371 g/mol. The lowest BCUT2D eigenvalue weighted by atomic mass is 9.97. The van der Waals surface area contributed by atoms with Crippen molar-refractivity contribution >= 4 is 5.91 Å². The predicted octanol–water partition coefficient (Wildman–Crippen LogP) is 1.47. The van der Waals surface area contributed by atoms with E-state index >= 15 is 0 Å². The van der Waals surface area contributed by atoms with Gasteiger partial charge < -0.3 is 9.47 Å². The molecule has 2 fully saturated rings. The molecule has 2 saturated heterocycles. The van der Waals surface area contributed by atoms with Gasteiger partial charge >= 0.3 is 0 Å². The zero-order valence-corrected chi connectivity index (χ0v) is 16.6. The molecule has 8 heteroatoms. The van der Waals surface area contributed by atoms with Crippen LogP contribution in [-0.2, 0) is 20.6 Å². The Morgan fingerprint density at radius 3 is 2.63 bits per heavy atom. The van der Waals surface area contributed by atoms with Crippen LogP contribution in [0.15, 0.2) is 6.07 Å². The lowest BCUT2D eigenvalue weighted by molar-refractivity contribution is 0.0692. The molecule has 4 rings (SSSR count). The SMILES string of the molecule is Cc1cc(C(=O)N2CCC[C@H](c3nnc(CN4CCCC4)n3C)C2)n(C)n1. The van der Waals surface area contributed by atoms with Crippen molar-refractivity contribution in [3.8, 4) is 0 Å². The summed E-state index contributed by atoms with van der Waals surface area (Å²) in [7, 11) is 3.89. The van der Waals surface area contributed by atoms with E-state index in [1.165, 1.54) is 12.8 Å². The third kappa shape index (κ3) is 3.63. The third-order valence-electron chi connectivity index (χ3n) is 5.86. The van der Waals surface area contributed by atoms with Crippen molar-refractivity contribution in [3.63, 3.8) is 0 Å². The number of rotatable bonds is 4. The van der Waals surface area contributed by atoms with E-state index in [2.05, 4.69) is 31.8 Å². The second-order valence-corrected chi connectivity index (χ2v) is 7.90. The summed E-state index contributed by atoms with van der Waals surface area (Å²) in [4.78, 5) is 17.3. The lowest BCUT2D eigenvalue weighted by Crippen LogP contribution is -2.40. The molecule has 0 unspecified atom stereocenters. The number of piperidine rings is 1. The number of carbonyl (C=O) groups excluding carboxylic acids is 1. The van der Waals surface area contributed by atoms with Crippen LogP contribution in [0.1, 0.15) is 59.4 Å². The van der Waals surface area contributed by atoms with Crippen LogP contribution in [0.3, 0.4) is 0 Å². The van der Waals surface area contributed by atoms with Gasteiger partial charge in [0.2, 0.25) is 0 Å². The molecular weight excluding hydrogens is 342 g/mol.